The van der Waals surface area contributed by atoms with Crippen LogP contribution in [0.4, 0.5) is 0 Å². The first-order valence-corrected chi connectivity index (χ1v) is 17.5. The van der Waals surface area contributed by atoms with Gasteiger partial charge in [-0.05, 0) is 11.1 Å². The van der Waals surface area contributed by atoms with Crippen LogP contribution < -0.4 is 10.2 Å². The Morgan fingerprint density at radius 1 is 0.683 bits per heavy atom. The van der Waals surface area contributed by atoms with E-state index in [-0.39, 0.29) is 34.4 Å². The van der Waals surface area contributed by atoms with Gasteiger partial charge in [-0.2, -0.15) is 0 Å². The summed E-state index contributed by atoms with van der Waals surface area (Å²) in [7, 11) is 0. The van der Waals surface area contributed by atoms with Gasteiger partial charge in [0, 0.05) is 24.8 Å². The van der Waals surface area contributed by atoms with Gasteiger partial charge in [0.2, 0.25) is 0 Å². The molecule has 0 aliphatic rings. The second-order valence-electron chi connectivity index (χ2n) is 8.83. The van der Waals surface area contributed by atoms with Crippen LogP contribution in [-0.2, 0) is 41.9 Å². The Hall–Kier alpha value is -2.96. The summed E-state index contributed by atoms with van der Waals surface area (Å²) in [5.74, 6) is -4.92. The SMILES string of the molecule is CCC[CH2][Sn+2][CH2]CCC.O=C([O-])CC(O)C(=O)OCc1ccccc1.O=C([O-])CC(O)C(=O)OCc1ccccc1. The molecule has 0 spiro atoms. The number of esters is 2. The second kappa shape index (κ2) is 24.8. The van der Waals surface area contributed by atoms with Crippen molar-refractivity contribution in [3.05, 3.63) is 71.8 Å². The molecule has 0 saturated heterocycles. The van der Waals surface area contributed by atoms with Crippen LogP contribution in [0.5, 0.6) is 0 Å². The summed E-state index contributed by atoms with van der Waals surface area (Å²) >= 11 is 0.149. The van der Waals surface area contributed by atoms with Gasteiger partial charge in [-0.15, -0.1) is 0 Å². The fourth-order valence-corrected chi connectivity index (χ4v) is 7.02. The molecule has 0 aliphatic heterocycles. The van der Waals surface area contributed by atoms with E-state index in [2.05, 4.69) is 13.8 Å². The van der Waals surface area contributed by atoms with Crippen LogP contribution in [0.3, 0.4) is 0 Å². The van der Waals surface area contributed by atoms with Gasteiger partial charge in [-0.25, -0.2) is 9.59 Å². The fourth-order valence-electron chi connectivity index (χ4n) is 2.86. The molecule has 0 aromatic heterocycles. The Kier molecular flexibility index (Phi) is 23.0. The normalized spacial score (nSPS) is 11.2. The minimum atomic E-state index is -1.67. The quantitative estimate of drug-likeness (QED) is 0.151. The predicted molar refractivity (Wildman–Crippen MR) is 149 cm³/mol. The molecule has 224 valence electrons. The third-order valence-corrected chi connectivity index (χ3v) is 9.16. The van der Waals surface area contributed by atoms with E-state index in [9.17, 15) is 29.4 Å². The topological polar surface area (TPSA) is 173 Å². The average Bonchev–Trinajstić information content (AvgIpc) is 2.95. The Morgan fingerprint density at radius 3 is 1.32 bits per heavy atom. The average molecular weight is 679 g/mol. The third-order valence-electron chi connectivity index (χ3n) is 5.13. The van der Waals surface area contributed by atoms with Gasteiger partial charge < -0.3 is 39.5 Å². The first-order chi connectivity index (χ1) is 19.6. The molecule has 2 aromatic rings. The smallest absolute Gasteiger partial charge is 0.335 e. The number of rotatable bonds is 16. The number of carbonyl (C=O) groups is 4. The number of carboxylic acids is 2. The number of aliphatic carboxylic acids is 2. The summed E-state index contributed by atoms with van der Waals surface area (Å²) in [6, 6.07) is 17.7. The molecule has 2 aromatic carbocycles. The van der Waals surface area contributed by atoms with Crippen LogP contribution >= 0.6 is 0 Å². The largest absolute Gasteiger partial charge is 0.550 e. The Labute approximate surface area is 251 Å². The number of ether oxygens (including phenoxy) is 2. The summed E-state index contributed by atoms with van der Waals surface area (Å²) in [6.07, 6.45) is 0.981. The Balaban J connectivity index is 0.000000612. The fraction of sp³-hybridized carbons (Fsp3) is 0.467. The third kappa shape index (κ3) is 22.4. The van der Waals surface area contributed by atoms with Gasteiger partial charge in [-0.1, -0.05) is 60.7 Å². The van der Waals surface area contributed by atoms with E-state index in [0.29, 0.717) is 0 Å². The number of aliphatic hydroxyl groups excluding tert-OH is 2. The zero-order valence-corrected chi connectivity index (χ0v) is 26.5. The molecule has 2 rings (SSSR count). The van der Waals surface area contributed by atoms with Crippen molar-refractivity contribution in [3.63, 3.8) is 0 Å². The van der Waals surface area contributed by atoms with E-state index in [4.69, 9.17) is 19.7 Å². The van der Waals surface area contributed by atoms with Gasteiger partial charge in [0.15, 0.2) is 12.2 Å². The maximum absolute atomic E-state index is 11.1. The summed E-state index contributed by atoms with van der Waals surface area (Å²) in [6.45, 7) is 4.59. The molecule has 0 bridgehead atoms. The second-order valence-corrected chi connectivity index (χ2v) is 13.1. The first-order valence-electron chi connectivity index (χ1n) is 13.5. The molecule has 0 fully saturated rings. The molecule has 2 unspecified atom stereocenters. The van der Waals surface area contributed by atoms with Crippen molar-refractivity contribution in [2.45, 2.75) is 86.7 Å². The Bertz CT molecular complexity index is 906. The van der Waals surface area contributed by atoms with Gasteiger partial charge >= 0.3 is 81.5 Å². The molecule has 0 saturated carbocycles. The van der Waals surface area contributed by atoms with Crippen molar-refractivity contribution in [1.82, 2.24) is 0 Å². The Morgan fingerprint density at radius 2 is 1.02 bits per heavy atom. The molecule has 0 aliphatic carbocycles. The van der Waals surface area contributed by atoms with Crippen LogP contribution in [0.1, 0.15) is 63.5 Å². The maximum atomic E-state index is 11.1. The molecular formula is C30H40O10Sn. The molecule has 10 nitrogen and oxygen atoms in total. The van der Waals surface area contributed by atoms with E-state index in [1.165, 1.54) is 25.7 Å². The monoisotopic (exact) mass is 680 g/mol. The summed E-state index contributed by atoms with van der Waals surface area (Å²) < 4.78 is 12.7. The van der Waals surface area contributed by atoms with Crippen LogP contribution in [-0.4, -0.2) is 67.4 Å². The number of hydrogen-bond donors (Lipinski definition) is 2. The number of hydrogen-bond acceptors (Lipinski definition) is 10. The minimum Gasteiger partial charge on any atom is -0.550 e. The number of carboxylic acid groups (broad SMARTS) is 2. The van der Waals surface area contributed by atoms with E-state index in [0.717, 1.165) is 11.1 Å². The number of carbonyl (C=O) groups excluding carboxylic acids is 4. The van der Waals surface area contributed by atoms with E-state index in [1.807, 2.05) is 12.1 Å². The van der Waals surface area contributed by atoms with Crippen molar-refractivity contribution < 1.29 is 49.1 Å². The van der Waals surface area contributed by atoms with E-state index < -0.39 is 48.9 Å². The molecule has 2 atom stereocenters. The van der Waals surface area contributed by atoms with Crippen LogP contribution in [0.15, 0.2) is 60.7 Å². The van der Waals surface area contributed by atoms with Crippen LogP contribution in [0.2, 0.25) is 8.87 Å². The predicted octanol–water partition coefficient (Wildman–Crippen LogP) is 1.59. The van der Waals surface area contributed by atoms with Crippen molar-refractivity contribution in [3.8, 4) is 0 Å². The van der Waals surface area contributed by atoms with Crippen molar-refractivity contribution in [2.75, 3.05) is 0 Å². The summed E-state index contributed by atoms with van der Waals surface area (Å²) in [5.41, 5.74) is 1.52. The zero-order valence-electron chi connectivity index (χ0n) is 23.7. The molecule has 11 heteroatoms. The van der Waals surface area contributed by atoms with Crippen molar-refractivity contribution in [1.29, 1.82) is 0 Å². The molecular weight excluding hydrogens is 639 g/mol. The molecule has 0 radical (unpaired) electrons. The summed E-state index contributed by atoms with van der Waals surface area (Å²) in [4.78, 5) is 42.4. The maximum Gasteiger partial charge on any atom is 0.335 e. The van der Waals surface area contributed by atoms with Crippen LogP contribution in [0, 0.1) is 0 Å². The summed E-state index contributed by atoms with van der Waals surface area (Å²) in [5, 5.41) is 38.4. The van der Waals surface area contributed by atoms with Crippen LogP contribution in [0.25, 0.3) is 0 Å². The number of aliphatic hydroxyl groups is 2. The first kappa shape index (κ1) is 38.0. The number of benzene rings is 2. The van der Waals surface area contributed by atoms with Crippen molar-refractivity contribution >= 4 is 45.0 Å². The van der Waals surface area contributed by atoms with Gasteiger partial charge in [0.05, 0.1) is 0 Å². The standard InChI is InChI=1S/2C11H12O5.2C4H9.Sn/c2*12-9(6-10(13)14)11(15)16-7-8-4-2-1-3-5-8;2*1-3-4-2;/h2*1-5,9,12H,6-7H2,(H,13,14);2*1,3-4H2,2H3;/q;;;;+2/p-2. The van der Waals surface area contributed by atoms with Gasteiger partial charge in [0.25, 0.3) is 0 Å². The molecule has 41 heavy (non-hydrogen) atoms. The molecule has 0 amide bonds. The van der Waals surface area contributed by atoms with Crippen molar-refractivity contribution in [2.24, 2.45) is 0 Å². The minimum absolute atomic E-state index is 0.00375. The van der Waals surface area contributed by atoms with E-state index in [1.54, 1.807) is 57.4 Å². The molecule has 0 heterocycles. The van der Waals surface area contributed by atoms with Gasteiger partial charge in [-0.3, -0.25) is 0 Å². The molecule has 2 N–H and O–H groups in total. The zero-order chi connectivity index (χ0) is 30.9. The van der Waals surface area contributed by atoms with E-state index >= 15 is 0 Å². The van der Waals surface area contributed by atoms with Gasteiger partial charge in [0.1, 0.15) is 13.2 Å². The number of unbranched alkanes of at least 4 members (excludes halogenated alkanes) is 2.